The summed E-state index contributed by atoms with van der Waals surface area (Å²) in [5, 5.41) is 11.2. The van der Waals surface area contributed by atoms with Gasteiger partial charge < -0.3 is 4.90 Å². The van der Waals surface area contributed by atoms with Crippen LogP contribution in [0.3, 0.4) is 0 Å². The molecule has 0 radical (unpaired) electrons. The van der Waals surface area contributed by atoms with Crippen molar-refractivity contribution in [2.45, 2.75) is 19.4 Å². The molecule has 6 heteroatoms. The normalized spacial score (nSPS) is 18.7. The monoisotopic (exact) mass is 243 g/mol. The maximum absolute atomic E-state index is 12.4. The summed E-state index contributed by atoms with van der Waals surface area (Å²) in [4.78, 5) is 14.2. The van der Waals surface area contributed by atoms with Crippen LogP contribution < -0.4 is 0 Å². The minimum absolute atomic E-state index is 0.0253. The molecule has 6 nitrogen and oxygen atoms in total. The summed E-state index contributed by atoms with van der Waals surface area (Å²) in [7, 11) is 0. The molecule has 0 aliphatic carbocycles. The third kappa shape index (κ3) is 1.66. The second kappa shape index (κ2) is 4.21. The average molecular weight is 243 g/mol. The summed E-state index contributed by atoms with van der Waals surface area (Å²) >= 11 is 0. The van der Waals surface area contributed by atoms with Gasteiger partial charge >= 0.3 is 0 Å². The van der Waals surface area contributed by atoms with Crippen molar-refractivity contribution in [3.8, 4) is 0 Å². The first kappa shape index (κ1) is 10.9. The Labute approximate surface area is 104 Å². The number of hydrogen-bond acceptors (Lipinski definition) is 4. The van der Waals surface area contributed by atoms with Crippen LogP contribution >= 0.6 is 0 Å². The third-order valence-electron chi connectivity index (χ3n) is 3.18. The van der Waals surface area contributed by atoms with Crippen LogP contribution in [0.5, 0.6) is 0 Å². The lowest BCUT2D eigenvalue weighted by Crippen LogP contribution is -2.35. The minimum atomic E-state index is 0.0253. The molecule has 0 unspecified atom stereocenters. The Kier molecular flexibility index (Phi) is 2.55. The maximum Gasteiger partial charge on any atom is 0.254 e. The lowest BCUT2D eigenvalue weighted by molar-refractivity contribution is 0.0747. The number of pyridine rings is 1. The fraction of sp³-hybridized carbons (Fsp3) is 0.333. The number of carbonyl (C=O) groups is 1. The van der Waals surface area contributed by atoms with E-state index in [4.69, 9.17) is 0 Å². The first-order valence-electron chi connectivity index (χ1n) is 5.95. The molecule has 0 N–H and O–H groups in total. The van der Waals surface area contributed by atoms with E-state index in [1.54, 1.807) is 18.3 Å². The SMILES string of the molecule is CC[C@H]1C=CCN1C(=O)c1ccn2nnnc2c1. The van der Waals surface area contributed by atoms with Crippen LogP contribution in [0.4, 0.5) is 0 Å². The Morgan fingerprint density at radius 3 is 3.28 bits per heavy atom. The average Bonchev–Trinajstić information content (AvgIpc) is 3.05. The summed E-state index contributed by atoms with van der Waals surface area (Å²) in [5.74, 6) is 0.0253. The molecule has 92 valence electrons. The highest BCUT2D eigenvalue weighted by atomic mass is 16.2. The van der Waals surface area contributed by atoms with Crippen LogP contribution in [0.15, 0.2) is 30.5 Å². The molecule has 3 heterocycles. The van der Waals surface area contributed by atoms with Crippen LogP contribution in [0, 0.1) is 0 Å². The summed E-state index contributed by atoms with van der Waals surface area (Å²) in [6.07, 6.45) is 6.74. The molecule has 1 amide bonds. The Bertz CT molecular complexity index is 618. The zero-order valence-electron chi connectivity index (χ0n) is 10.0. The van der Waals surface area contributed by atoms with Crippen LogP contribution in [-0.4, -0.2) is 43.4 Å². The molecular weight excluding hydrogens is 230 g/mol. The number of aromatic nitrogens is 4. The van der Waals surface area contributed by atoms with Crippen LogP contribution in [0.1, 0.15) is 23.7 Å². The Morgan fingerprint density at radius 1 is 1.56 bits per heavy atom. The topological polar surface area (TPSA) is 63.4 Å². The zero-order chi connectivity index (χ0) is 12.5. The largest absolute Gasteiger partial charge is 0.329 e. The van der Waals surface area contributed by atoms with Crippen molar-refractivity contribution in [3.05, 3.63) is 36.0 Å². The van der Waals surface area contributed by atoms with Crippen LogP contribution in [0.25, 0.3) is 5.65 Å². The molecular formula is C12H13N5O. The van der Waals surface area contributed by atoms with Crippen molar-refractivity contribution in [1.82, 2.24) is 24.9 Å². The number of fused-ring (bicyclic) bond motifs is 1. The lowest BCUT2D eigenvalue weighted by Gasteiger charge is -2.23. The van der Waals surface area contributed by atoms with Gasteiger partial charge in [-0.05, 0) is 29.0 Å². The lowest BCUT2D eigenvalue weighted by atomic mass is 10.2. The molecule has 2 aromatic heterocycles. The van der Waals surface area contributed by atoms with Gasteiger partial charge in [0.2, 0.25) is 0 Å². The van der Waals surface area contributed by atoms with Gasteiger partial charge in [0.15, 0.2) is 5.65 Å². The van der Waals surface area contributed by atoms with E-state index < -0.39 is 0 Å². The van der Waals surface area contributed by atoms with Crippen molar-refractivity contribution in [2.75, 3.05) is 6.54 Å². The molecule has 0 saturated heterocycles. The molecule has 0 fully saturated rings. The molecule has 18 heavy (non-hydrogen) atoms. The van der Waals surface area contributed by atoms with Crippen molar-refractivity contribution >= 4 is 11.6 Å². The molecule has 0 bridgehead atoms. The number of amides is 1. The third-order valence-corrected chi connectivity index (χ3v) is 3.18. The summed E-state index contributed by atoms with van der Waals surface area (Å²) in [6, 6.07) is 3.66. The Morgan fingerprint density at radius 2 is 2.44 bits per heavy atom. The number of hydrogen-bond donors (Lipinski definition) is 0. The van der Waals surface area contributed by atoms with Gasteiger partial charge in [0.05, 0.1) is 6.04 Å². The molecule has 0 aromatic carbocycles. The summed E-state index contributed by atoms with van der Waals surface area (Å²) in [6.45, 7) is 2.75. The van der Waals surface area contributed by atoms with E-state index in [2.05, 4.69) is 28.5 Å². The quantitative estimate of drug-likeness (QED) is 0.736. The van der Waals surface area contributed by atoms with E-state index in [-0.39, 0.29) is 11.9 Å². The zero-order valence-corrected chi connectivity index (χ0v) is 10.0. The number of carbonyl (C=O) groups excluding carboxylic acids is 1. The standard InChI is InChI=1S/C12H13N5O/c1-2-10-4-3-6-16(10)12(18)9-5-7-17-11(8-9)13-14-15-17/h3-5,7-8,10H,2,6H2,1H3/t10-/m0/s1. The first-order valence-corrected chi connectivity index (χ1v) is 5.95. The highest BCUT2D eigenvalue weighted by molar-refractivity contribution is 5.95. The molecule has 0 saturated carbocycles. The molecule has 1 atom stereocenters. The van der Waals surface area contributed by atoms with Gasteiger partial charge in [-0.25, -0.2) is 4.52 Å². The molecule has 3 rings (SSSR count). The van der Waals surface area contributed by atoms with Gasteiger partial charge in [0, 0.05) is 18.3 Å². The van der Waals surface area contributed by atoms with E-state index in [1.165, 1.54) is 4.52 Å². The smallest absolute Gasteiger partial charge is 0.254 e. The van der Waals surface area contributed by atoms with Crippen LogP contribution in [-0.2, 0) is 0 Å². The van der Waals surface area contributed by atoms with Crippen molar-refractivity contribution in [3.63, 3.8) is 0 Å². The highest BCUT2D eigenvalue weighted by Gasteiger charge is 2.24. The molecule has 2 aromatic rings. The second-order valence-corrected chi connectivity index (χ2v) is 4.26. The van der Waals surface area contributed by atoms with E-state index >= 15 is 0 Å². The van der Waals surface area contributed by atoms with Gasteiger partial charge in [-0.3, -0.25) is 4.79 Å². The fourth-order valence-corrected chi connectivity index (χ4v) is 2.20. The van der Waals surface area contributed by atoms with Crippen molar-refractivity contribution in [1.29, 1.82) is 0 Å². The fourth-order valence-electron chi connectivity index (χ4n) is 2.20. The van der Waals surface area contributed by atoms with Crippen molar-refractivity contribution in [2.24, 2.45) is 0 Å². The Hall–Kier alpha value is -2.24. The van der Waals surface area contributed by atoms with E-state index in [0.29, 0.717) is 17.8 Å². The molecule has 1 aliphatic heterocycles. The number of tetrazole rings is 1. The van der Waals surface area contributed by atoms with Gasteiger partial charge in [0.25, 0.3) is 5.91 Å². The predicted octanol–water partition coefficient (Wildman–Crippen LogP) is 0.915. The van der Waals surface area contributed by atoms with Crippen molar-refractivity contribution < 1.29 is 4.79 Å². The van der Waals surface area contributed by atoms with Gasteiger partial charge in [-0.2, -0.15) is 0 Å². The second-order valence-electron chi connectivity index (χ2n) is 4.26. The minimum Gasteiger partial charge on any atom is -0.329 e. The van der Waals surface area contributed by atoms with Gasteiger partial charge in [0.1, 0.15) is 0 Å². The first-order chi connectivity index (χ1) is 8.79. The van der Waals surface area contributed by atoms with Crippen LogP contribution in [0.2, 0.25) is 0 Å². The number of nitrogens with zero attached hydrogens (tertiary/aromatic N) is 5. The number of rotatable bonds is 2. The summed E-state index contributed by atoms with van der Waals surface area (Å²) in [5.41, 5.74) is 1.21. The molecule has 1 aliphatic rings. The highest BCUT2D eigenvalue weighted by Crippen LogP contribution is 2.17. The van der Waals surface area contributed by atoms with E-state index in [1.807, 2.05) is 11.0 Å². The predicted molar refractivity (Wildman–Crippen MR) is 65.0 cm³/mol. The molecule has 0 spiro atoms. The van der Waals surface area contributed by atoms with E-state index in [9.17, 15) is 4.79 Å². The van der Waals surface area contributed by atoms with E-state index in [0.717, 1.165) is 6.42 Å². The van der Waals surface area contributed by atoms with Gasteiger partial charge in [-0.15, -0.1) is 5.10 Å². The summed E-state index contributed by atoms with van der Waals surface area (Å²) < 4.78 is 1.54. The Balaban J connectivity index is 1.91. The maximum atomic E-state index is 12.4. The van der Waals surface area contributed by atoms with Gasteiger partial charge in [-0.1, -0.05) is 19.1 Å².